The van der Waals surface area contributed by atoms with Gasteiger partial charge in [0.05, 0.1) is 6.61 Å². The molecule has 0 spiro atoms. The average molecular weight is 282 g/mol. The van der Waals surface area contributed by atoms with Crippen LogP contribution in [0.15, 0.2) is 0 Å². The molecule has 1 heterocycles. The van der Waals surface area contributed by atoms with Gasteiger partial charge in [0.1, 0.15) is 18.3 Å². The van der Waals surface area contributed by atoms with Crippen LogP contribution >= 0.6 is 0 Å². The first-order valence-corrected chi connectivity index (χ1v) is 5.21. The number of carboxylic acid groups (broad SMARTS) is 1. The zero-order valence-electron chi connectivity index (χ0n) is 9.49. The number of aliphatic hydroxyl groups is 5. The minimum absolute atomic E-state index is 0.646. The molecule has 0 saturated carbocycles. The number of rotatable bonds is 5. The molecule has 6 N–H and O–H groups in total. The van der Waals surface area contributed by atoms with Gasteiger partial charge in [-0.1, -0.05) is 0 Å². The van der Waals surface area contributed by atoms with E-state index in [2.05, 4.69) is 4.74 Å². The van der Waals surface area contributed by atoms with Crippen LogP contribution in [0.25, 0.3) is 0 Å². The van der Waals surface area contributed by atoms with Crippen LogP contribution in [-0.4, -0.2) is 86.0 Å². The molecule has 0 bridgehead atoms. The molecular weight excluding hydrogens is 268 g/mol. The molecule has 1 aliphatic heterocycles. The number of aliphatic carboxylic acids is 1. The number of carbonyl (C=O) groups is 2. The van der Waals surface area contributed by atoms with E-state index in [0.717, 1.165) is 0 Å². The van der Waals surface area contributed by atoms with Crippen LogP contribution in [0.1, 0.15) is 0 Å². The van der Waals surface area contributed by atoms with Gasteiger partial charge in [0.15, 0.2) is 12.2 Å². The number of hydrogen-bond acceptors (Lipinski definition) is 9. The molecule has 1 rings (SSSR count). The van der Waals surface area contributed by atoms with E-state index >= 15 is 0 Å². The third-order valence-corrected chi connectivity index (χ3v) is 2.52. The molecule has 0 aromatic carbocycles. The van der Waals surface area contributed by atoms with E-state index in [-0.39, 0.29) is 0 Å². The number of hydrogen-bond donors (Lipinski definition) is 6. The highest BCUT2D eigenvalue weighted by molar-refractivity contribution is 5.84. The first-order valence-electron chi connectivity index (χ1n) is 5.21. The van der Waals surface area contributed by atoms with Crippen molar-refractivity contribution in [2.75, 3.05) is 6.61 Å². The fourth-order valence-electron chi connectivity index (χ4n) is 1.41. The van der Waals surface area contributed by atoms with Gasteiger partial charge in [-0.15, -0.1) is 0 Å². The van der Waals surface area contributed by atoms with E-state index in [1.54, 1.807) is 0 Å². The Morgan fingerprint density at radius 2 is 1.74 bits per heavy atom. The minimum atomic E-state index is -2.40. The summed E-state index contributed by atoms with van der Waals surface area (Å²) in [6.45, 7) is -0.646. The highest BCUT2D eigenvalue weighted by Gasteiger charge is 2.46. The van der Waals surface area contributed by atoms with Crippen molar-refractivity contribution in [1.82, 2.24) is 0 Å². The molecule has 19 heavy (non-hydrogen) atoms. The molecule has 110 valence electrons. The monoisotopic (exact) mass is 282 g/mol. The molecule has 3 unspecified atom stereocenters. The van der Waals surface area contributed by atoms with Crippen LogP contribution in [0.3, 0.4) is 0 Å². The van der Waals surface area contributed by atoms with Crippen molar-refractivity contribution in [3.8, 4) is 0 Å². The van der Waals surface area contributed by atoms with E-state index in [1.807, 2.05) is 0 Å². The smallest absolute Gasteiger partial charge is 0.340 e. The summed E-state index contributed by atoms with van der Waals surface area (Å²) in [4.78, 5) is 21.6. The molecule has 0 aromatic rings. The third-order valence-electron chi connectivity index (χ3n) is 2.52. The van der Waals surface area contributed by atoms with Gasteiger partial charge in [0, 0.05) is 0 Å². The maximum Gasteiger partial charge on any atom is 0.340 e. The SMILES string of the molecule is O=C(O)C(O)C(O)C(=O)OC1O[C@H](CO)[C@@H](O)[C@H]1O. The summed E-state index contributed by atoms with van der Waals surface area (Å²) in [7, 11) is 0. The average Bonchev–Trinajstić information content (AvgIpc) is 2.64. The van der Waals surface area contributed by atoms with Gasteiger partial charge < -0.3 is 40.1 Å². The fraction of sp³-hybridized carbons (Fsp3) is 0.778. The Hall–Kier alpha value is -1.30. The summed E-state index contributed by atoms with van der Waals surface area (Å²) in [5.41, 5.74) is 0. The molecule has 1 fully saturated rings. The van der Waals surface area contributed by atoms with Gasteiger partial charge in [-0.3, -0.25) is 0 Å². The Balaban J connectivity index is 2.60. The number of carboxylic acids is 1. The van der Waals surface area contributed by atoms with Crippen molar-refractivity contribution >= 4 is 11.9 Å². The van der Waals surface area contributed by atoms with Gasteiger partial charge in [-0.05, 0) is 0 Å². The van der Waals surface area contributed by atoms with Crippen molar-refractivity contribution in [1.29, 1.82) is 0 Å². The highest BCUT2D eigenvalue weighted by atomic mass is 16.7. The predicted octanol–water partition coefficient (Wildman–Crippen LogP) is -4.22. The Bertz CT molecular complexity index is 344. The lowest BCUT2D eigenvalue weighted by Crippen LogP contribution is -2.43. The molecule has 10 nitrogen and oxygen atoms in total. The molecule has 0 radical (unpaired) electrons. The number of carbonyl (C=O) groups excluding carboxylic acids is 1. The molecule has 10 heteroatoms. The van der Waals surface area contributed by atoms with E-state index in [0.29, 0.717) is 0 Å². The fourth-order valence-corrected chi connectivity index (χ4v) is 1.41. The molecular formula is C9H14O10. The van der Waals surface area contributed by atoms with Gasteiger partial charge in [-0.2, -0.15) is 0 Å². The van der Waals surface area contributed by atoms with Crippen LogP contribution < -0.4 is 0 Å². The largest absolute Gasteiger partial charge is 0.479 e. The van der Waals surface area contributed by atoms with Crippen molar-refractivity contribution < 1.29 is 49.7 Å². The summed E-state index contributed by atoms with van der Waals surface area (Å²) in [6.07, 6.45) is -10.8. The maximum absolute atomic E-state index is 11.3. The maximum atomic E-state index is 11.3. The lowest BCUT2D eigenvalue weighted by molar-refractivity contribution is -0.203. The van der Waals surface area contributed by atoms with E-state index in [4.69, 9.17) is 25.2 Å². The predicted molar refractivity (Wildman–Crippen MR) is 53.5 cm³/mol. The van der Waals surface area contributed by atoms with E-state index < -0.39 is 55.4 Å². The number of ether oxygens (including phenoxy) is 2. The molecule has 0 aliphatic carbocycles. The normalized spacial score (nSPS) is 33.7. The van der Waals surface area contributed by atoms with Gasteiger partial charge in [0.2, 0.25) is 6.29 Å². The van der Waals surface area contributed by atoms with Gasteiger partial charge in [0.25, 0.3) is 0 Å². The van der Waals surface area contributed by atoms with Gasteiger partial charge >= 0.3 is 11.9 Å². The lowest BCUT2D eigenvalue weighted by Gasteiger charge is -2.18. The van der Waals surface area contributed by atoms with Crippen LogP contribution in [0.2, 0.25) is 0 Å². The molecule has 0 amide bonds. The van der Waals surface area contributed by atoms with Crippen molar-refractivity contribution in [3.63, 3.8) is 0 Å². The van der Waals surface area contributed by atoms with Crippen LogP contribution in [-0.2, 0) is 19.1 Å². The summed E-state index contributed by atoms with van der Waals surface area (Å²) in [6, 6.07) is 0. The topological polar surface area (TPSA) is 174 Å². The summed E-state index contributed by atoms with van der Waals surface area (Å²) in [5.74, 6) is -3.39. The first-order chi connectivity index (χ1) is 8.79. The van der Waals surface area contributed by atoms with E-state index in [1.165, 1.54) is 0 Å². The first kappa shape index (κ1) is 15.8. The Labute approximate surface area is 106 Å². The third kappa shape index (κ3) is 3.37. The van der Waals surface area contributed by atoms with E-state index in [9.17, 15) is 19.8 Å². The van der Waals surface area contributed by atoms with Crippen LogP contribution in [0, 0.1) is 0 Å². The quantitative estimate of drug-likeness (QED) is 0.271. The minimum Gasteiger partial charge on any atom is -0.479 e. The van der Waals surface area contributed by atoms with Gasteiger partial charge in [-0.25, -0.2) is 9.59 Å². The molecule has 6 atom stereocenters. The van der Waals surface area contributed by atoms with Crippen LogP contribution in [0.5, 0.6) is 0 Å². The summed E-state index contributed by atoms with van der Waals surface area (Å²) >= 11 is 0. The Kier molecular flexibility index (Phi) is 5.17. The lowest BCUT2D eigenvalue weighted by atomic mass is 10.1. The molecule has 1 aliphatic rings. The second-order valence-corrected chi connectivity index (χ2v) is 3.87. The Morgan fingerprint density at radius 1 is 1.16 bits per heavy atom. The highest BCUT2D eigenvalue weighted by Crippen LogP contribution is 2.22. The summed E-state index contributed by atoms with van der Waals surface area (Å²) in [5, 5.41) is 53.9. The second-order valence-electron chi connectivity index (χ2n) is 3.87. The van der Waals surface area contributed by atoms with Crippen molar-refractivity contribution in [2.45, 2.75) is 36.8 Å². The zero-order chi connectivity index (χ0) is 14.7. The van der Waals surface area contributed by atoms with Crippen molar-refractivity contribution in [2.24, 2.45) is 0 Å². The number of esters is 1. The standard InChI is InChI=1S/C9H14O10/c10-1-2-3(11)6(14)9(18-2)19-8(17)5(13)4(12)7(15)16/h2-6,9-14H,1H2,(H,15,16)/t2-,3-,4?,5?,6-,9?/m1/s1. The Morgan fingerprint density at radius 3 is 2.16 bits per heavy atom. The van der Waals surface area contributed by atoms with Crippen molar-refractivity contribution in [3.05, 3.63) is 0 Å². The second kappa shape index (κ2) is 6.23. The zero-order valence-corrected chi connectivity index (χ0v) is 9.49. The summed E-state index contributed by atoms with van der Waals surface area (Å²) < 4.78 is 9.17. The molecule has 0 aromatic heterocycles. The number of aliphatic hydroxyl groups excluding tert-OH is 5. The van der Waals surface area contributed by atoms with Crippen LogP contribution in [0.4, 0.5) is 0 Å². The molecule has 1 saturated heterocycles.